The van der Waals surface area contributed by atoms with Gasteiger partial charge in [0.25, 0.3) is 0 Å². The molecule has 0 aromatic carbocycles. The average molecular weight is 247 g/mol. The number of nitrogens with zero attached hydrogens (tertiary/aromatic N) is 4. The average Bonchev–Trinajstić information content (AvgIpc) is 2.83. The van der Waals surface area contributed by atoms with Crippen molar-refractivity contribution in [3.05, 3.63) is 24.7 Å². The Bertz CT molecular complexity index is 491. The number of anilines is 1. The molecule has 0 aliphatic rings. The Morgan fingerprint density at radius 3 is 3.00 bits per heavy atom. The first-order chi connectivity index (χ1) is 8.68. The van der Waals surface area contributed by atoms with Gasteiger partial charge in [0.15, 0.2) is 5.82 Å². The topological polar surface area (TPSA) is 45.5 Å². The predicted octanol–water partition coefficient (Wildman–Crippen LogP) is 1.87. The Balaban J connectivity index is 1.85. The predicted molar refractivity (Wildman–Crippen MR) is 73.9 cm³/mol. The summed E-state index contributed by atoms with van der Waals surface area (Å²) in [6.07, 6.45) is 6.51. The van der Waals surface area contributed by atoms with Gasteiger partial charge in [-0.25, -0.2) is 9.50 Å². The van der Waals surface area contributed by atoms with E-state index in [0.717, 1.165) is 30.8 Å². The zero-order valence-electron chi connectivity index (χ0n) is 11.3. The number of rotatable bonds is 6. The van der Waals surface area contributed by atoms with Crippen LogP contribution in [-0.2, 0) is 0 Å². The maximum absolute atomic E-state index is 4.35. The first-order valence-corrected chi connectivity index (χ1v) is 6.41. The summed E-state index contributed by atoms with van der Waals surface area (Å²) in [4.78, 5) is 6.69. The van der Waals surface area contributed by atoms with Crippen LogP contribution in [0, 0.1) is 0 Å². The van der Waals surface area contributed by atoms with Gasteiger partial charge in [0, 0.05) is 25.0 Å². The molecule has 2 rings (SSSR count). The molecule has 0 fully saturated rings. The summed E-state index contributed by atoms with van der Waals surface area (Å²) in [5.41, 5.74) is 1.02. The summed E-state index contributed by atoms with van der Waals surface area (Å²) in [5, 5.41) is 7.56. The highest BCUT2D eigenvalue weighted by Crippen LogP contribution is 2.11. The highest BCUT2D eigenvalue weighted by atomic mass is 15.2. The molecule has 0 bridgehead atoms. The summed E-state index contributed by atoms with van der Waals surface area (Å²) < 4.78 is 1.83. The molecule has 0 radical (unpaired) electrons. The van der Waals surface area contributed by atoms with Crippen LogP contribution in [0.5, 0.6) is 0 Å². The van der Waals surface area contributed by atoms with Crippen molar-refractivity contribution < 1.29 is 0 Å². The zero-order valence-corrected chi connectivity index (χ0v) is 11.3. The van der Waals surface area contributed by atoms with Crippen LogP contribution in [0.15, 0.2) is 24.7 Å². The number of hydrogen-bond acceptors (Lipinski definition) is 4. The number of aromatic nitrogens is 3. The lowest BCUT2D eigenvalue weighted by Crippen LogP contribution is -2.28. The first-order valence-electron chi connectivity index (χ1n) is 6.41. The Morgan fingerprint density at radius 1 is 1.39 bits per heavy atom. The van der Waals surface area contributed by atoms with Crippen molar-refractivity contribution in [2.45, 2.75) is 26.3 Å². The van der Waals surface area contributed by atoms with E-state index >= 15 is 0 Å². The minimum Gasteiger partial charge on any atom is -0.368 e. The molecule has 0 unspecified atom stereocenters. The van der Waals surface area contributed by atoms with Crippen LogP contribution in [0.3, 0.4) is 0 Å². The summed E-state index contributed by atoms with van der Waals surface area (Å²) in [7, 11) is 2.15. The molecule has 0 amide bonds. The normalized spacial score (nSPS) is 11.6. The maximum Gasteiger partial charge on any atom is 0.152 e. The molecule has 0 saturated heterocycles. The monoisotopic (exact) mass is 247 g/mol. The van der Waals surface area contributed by atoms with E-state index in [9.17, 15) is 0 Å². The van der Waals surface area contributed by atoms with Crippen LogP contribution in [0.4, 0.5) is 5.82 Å². The summed E-state index contributed by atoms with van der Waals surface area (Å²) in [6, 6.07) is 2.57. The van der Waals surface area contributed by atoms with Crippen molar-refractivity contribution >= 4 is 11.3 Å². The highest BCUT2D eigenvalue weighted by Gasteiger charge is 2.04. The van der Waals surface area contributed by atoms with Gasteiger partial charge in [-0.15, -0.1) is 0 Å². The van der Waals surface area contributed by atoms with Gasteiger partial charge in [-0.2, -0.15) is 5.10 Å². The number of hydrogen-bond donors (Lipinski definition) is 1. The molecule has 98 valence electrons. The van der Waals surface area contributed by atoms with Crippen LogP contribution >= 0.6 is 0 Å². The van der Waals surface area contributed by atoms with Crippen molar-refractivity contribution in [3.8, 4) is 0 Å². The van der Waals surface area contributed by atoms with Gasteiger partial charge in [-0.1, -0.05) is 0 Å². The van der Waals surface area contributed by atoms with E-state index in [1.807, 2.05) is 16.8 Å². The third-order valence-electron chi connectivity index (χ3n) is 3.19. The summed E-state index contributed by atoms with van der Waals surface area (Å²) >= 11 is 0. The standard InChI is InChI=1S/C13H21N5/c1-11(2)17(3)9-4-6-14-13-12-5-7-16-18(12)10-8-15-13/h5,7-8,10-11H,4,6,9H2,1-3H3,(H,14,15). The third kappa shape index (κ3) is 2.98. The Kier molecular flexibility index (Phi) is 4.15. The van der Waals surface area contributed by atoms with E-state index < -0.39 is 0 Å². The molecule has 2 aromatic heterocycles. The minimum absolute atomic E-state index is 0.599. The Hall–Kier alpha value is -1.62. The second-order valence-corrected chi connectivity index (χ2v) is 4.79. The number of fused-ring (bicyclic) bond motifs is 1. The Morgan fingerprint density at radius 2 is 2.22 bits per heavy atom. The van der Waals surface area contributed by atoms with E-state index in [1.165, 1.54) is 0 Å². The van der Waals surface area contributed by atoms with Crippen molar-refractivity contribution in [2.24, 2.45) is 0 Å². The lowest BCUT2D eigenvalue weighted by Gasteiger charge is -2.20. The second-order valence-electron chi connectivity index (χ2n) is 4.79. The first kappa shape index (κ1) is 12.8. The van der Waals surface area contributed by atoms with Crippen LogP contribution in [0.2, 0.25) is 0 Å². The molecule has 2 aromatic rings. The van der Waals surface area contributed by atoms with Gasteiger partial charge in [0.05, 0.1) is 6.20 Å². The number of nitrogens with one attached hydrogen (secondary N) is 1. The minimum atomic E-state index is 0.599. The summed E-state index contributed by atoms with van der Waals surface area (Å²) in [6.45, 7) is 6.44. The quantitative estimate of drug-likeness (QED) is 0.792. The van der Waals surface area contributed by atoms with Crippen molar-refractivity contribution in [1.82, 2.24) is 19.5 Å². The zero-order chi connectivity index (χ0) is 13.0. The molecular formula is C13H21N5. The smallest absolute Gasteiger partial charge is 0.152 e. The van der Waals surface area contributed by atoms with Crippen LogP contribution in [0.1, 0.15) is 20.3 Å². The summed E-state index contributed by atoms with van der Waals surface area (Å²) in [5.74, 6) is 0.905. The molecule has 5 nitrogen and oxygen atoms in total. The van der Waals surface area contributed by atoms with Crippen molar-refractivity contribution in [2.75, 3.05) is 25.5 Å². The molecule has 0 saturated carbocycles. The second kappa shape index (κ2) is 5.82. The lowest BCUT2D eigenvalue weighted by molar-refractivity contribution is 0.273. The molecule has 1 N–H and O–H groups in total. The van der Waals surface area contributed by atoms with E-state index in [2.05, 4.69) is 41.2 Å². The largest absolute Gasteiger partial charge is 0.368 e. The van der Waals surface area contributed by atoms with Gasteiger partial charge in [-0.3, -0.25) is 0 Å². The molecular weight excluding hydrogens is 226 g/mol. The van der Waals surface area contributed by atoms with Crippen LogP contribution < -0.4 is 5.32 Å². The van der Waals surface area contributed by atoms with Crippen LogP contribution in [0.25, 0.3) is 5.52 Å². The van der Waals surface area contributed by atoms with E-state index in [4.69, 9.17) is 0 Å². The SMILES string of the molecule is CC(C)N(C)CCCNc1nccn2nccc12. The van der Waals surface area contributed by atoms with Gasteiger partial charge in [0.1, 0.15) is 5.52 Å². The Labute approximate surface area is 108 Å². The van der Waals surface area contributed by atoms with Crippen molar-refractivity contribution in [3.63, 3.8) is 0 Å². The fraction of sp³-hybridized carbons (Fsp3) is 0.538. The van der Waals surface area contributed by atoms with E-state index in [1.54, 1.807) is 12.4 Å². The molecule has 0 atom stereocenters. The fourth-order valence-corrected chi connectivity index (χ4v) is 1.79. The highest BCUT2D eigenvalue weighted by molar-refractivity contribution is 5.66. The fourth-order valence-electron chi connectivity index (χ4n) is 1.79. The molecule has 18 heavy (non-hydrogen) atoms. The van der Waals surface area contributed by atoms with Gasteiger partial charge in [-0.05, 0) is 39.9 Å². The van der Waals surface area contributed by atoms with Gasteiger partial charge < -0.3 is 10.2 Å². The maximum atomic E-state index is 4.35. The van der Waals surface area contributed by atoms with E-state index in [-0.39, 0.29) is 0 Å². The molecule has 0 spiro atoms. The molecule has 0 aliphatic heterocycles. The molecule has 5 heteroatoms. The van der Waals surface area contributed by atoms with Crippen LogP contribution in [-0.4, -0.2) is 45.7 Å². The molecule has 0 aliphatic carbocycles. The van der Waals surface area contributed by atoms with Gasteiger partial charge in [0.2, 0.25) is 0 Å². The molecule has 2 heterocycles. The third-order valence-corrected chi connectivity index (χ3v) is 3.19. The van der Waals surface area contributed by atoms with Gasteiger partial charge >= 0.3 is 0 Å². The van der Waals surface area contributed by atoms with Crippen molar-refractivity contribution in [1.29, 1.82) is 0 Å². The van der Waals surface area contributed by atoms with E-state index in [0.29, 0.717) is 6.04 Å². The lowest BCUT2D eigenvalue weighted by atomic mass is 10.3.